The molecule has 0 aliphatic heterocycles. The van der Waals surface area contributed by atoms with Gasteiger partial charge in [-0.15, -0.1) is 10.2 Å². The molecule has 0 bridgehead atoms. The number of hydrogen-bond donors (Lipinski definition) is 1. The van der Waals surface area contributed by atoms with Crippen LogP contribution < -0.4 is 5.32 Å². The highest BCUT2D eigenvalue weighted by molar-refractivity contribution is 5.91. The number of amides is 1. The van der Waals surface area contributed by atoms with Gasteiger partial charge in [-0.2, -0.15) is 26.3 Å². The molecular weight excluding hydrogens is 402 g/mol. The molecule has 3 aromatic rings. The van der Waals surface area contributed by atoms with Crippen molar-refractivity contribution < 1.29 is 31.1 Å². The van der Waals surface area contributed by atoms with E-state index in [1.54, 1.807) is 0 Å². The summed E-state index contributed by atoms with van der Waals surface area (Å²) in [6.45, 7) is -0.228. The number of aromatic nitrogens is 3. The summed E-state index contributed by atoms with van der Waals surface area (Å²) in [6, 6.07) is 6.40. The number of carbonyl (C=O) groups excluding carboxylic acids is 1. The van der Waals surface area contributed by atoms with E-state index in [9.17, 15) is 31.1 Å². The van der Waals surface area contributed by atoms with Crippen LogP contribution in [0.25, 0.3) is 11.7 Å². The van der Waals surface area contributed by atoms with Gasteiger partial charge in [-0.05, 0) is 35.9 Å². The van der Waals surface area contributed by atoms with E-state index in [1.807, 2.05) is 0 Å². The number of fused-ring (bicyclic) bond motifs is 1. The summed E-state index contributed by atoms with van der Waals surface area (Å²) in [5.41, 5.74) is -1.42. The molecule has 2 aromatic heterocycles. The molecule has 3 rings (SSSR count). The lowest BCUT2D eigenvalue weighted by molar-refractivity contribution is -0.138. The van der Waals surface area contributed by atoms with Gasteiger partial charge in [0.1, 0.15) is 0 Å². The van der Waals surface area contributed by atoms with Crippen LogP contribution in [0.4, 0.5) is 26.3 Å². The van der Waals surface area contributed by atoms with E-state index in [1.165, 1.54) is 18.2 Å². The first-order valence-electron chi connectivity index (χ1n) is 8.08. The zero-order chi connectivity index (χ0) is 21.2. The van der Waals surface area contributed by atoms with Crippen LogP contribution in [-0.4, -0.2) is 20.5 Å². The number of halogens is 6. The van der Waals surface area contributed by atoms with Crippen molar-refractivity contribution in [3.63, 3.8) is 0 Å². The Morgan fingerprint density at radius 2 is 1.72 bits per heavy atom. The molecule has 0 radical (unpaired) electrons. The van der Waals surface area contributed by atoms with Crippen molar-refractivity contribution in [3.05, 3.63) is 71.2 Å². The Balaban J connectivity index is 1.69. The summed E-state index contributed by atoms with van der Waals surface area (Å²) in [6.07, 6.45) is -6.04. The molecule has 0 spiro atoms. The van der Waals surface area contributed by atoms with Crippen molar-refractivity contribution in [1.29, 1.82) is 0 Å². The second kappa shape index (κ2) is 7.57. The lowest BCUT2D eigenvalue weighted by Crippen LogP contribution is -2.21. The Kier molecular flexibility index (Phi) is 5.31. The number of alkyl halides is 6. The maximum absolute atomic E-state index is 12.8. The van der Waals surface area contributed by atoms with Crippen molar-refractivity contribution in [2.24, 2.45) is 0 Å². The Labute approximate surface area is 159 Å². The first-order valence-corrected chi connectivity index (χ1v) is 8.08. The summed E-state index contributed by atoms with van der Waals surface area (Å²) in [4.78, 5) is 11.9. The first-order chi connectivity index (χ1) is 13.5. The zero-order valence-corrected chi connectivity index (χ0v) is 14.4. The quantitative estimate of drug-likeness (QED) is 0.517. The van der Waals surface area contributed by atoms with Crippen LogP contribution in [0.1, 0.15) is 22.5 Å². The smallest absolute Gasteiger partial charge is 0.345 e. The second-order valence-corrected chi connectivity index (χ2v) is 5.93. The van der Waals surface area contributed by atoms with Crippen LogP contribution in [0.15, 0.2) is 48.7 Å². The molecule has 0 unspecified atom stereocenters. The largest absolute Gasteiger partial charge is 0.417 e. The maximum Gasteiger partial charge on any atom is 0.417 e. The van der Waals surface area contributed by atoms with Crippen LogP contribution >= 0.6 is 0 Å². The molecule has 1 N–H and O–H groups in total. The number of pyridine rings is 1. The molecular formula is C18H12F6N4O. The minimum Gasteiger partial charge on any atom is -0.345 e. The topological polar surface area (TPSA) is 59.3 Å². The summed E-state index contributed by atoms with van der Waals surface area (Å²) in [7, 11) is 0. The molecule has 1 amide bonds. The molecule has 11 heteroatoms. The van der Waals surface area contributed by atoms with Crippen LogP contribution in [-0.2, 0) is 23.7 Å². The SMILES string of the molecule is O=C(/C=C/c1cccc(C(F)(F)F)c1)NCc1nnc2ccc(C(F)(F)F)cn12. The van der Waals surface area contributed by atoms with Gasteiger partial charge in [0.25, 0.3) is 0 Å². The highest BCUT2D eigenvalue weighted by atomic mass is 19.4. The molecule has 2 heterocycles. The van der Waals surface area contributed by atoms with Gasteiger partial charge in [-0.1, -0.05) is 12.1 Å². The number of carbonyl (C=O) groups is 1. The van der Waals surface area contributed by atoms with Crippen LogP contribution in [0, 0.1) is 0 Å². The van der Waals surface area contributed by atoms with Crippen molar-refractivity contribution in [3.8, 4) is 0 Å². The Morgan fingerprint density at radius 1 is 1.00 bits per heavy atom. The number of nitrogens with zero attached hydrogens (tertiary/aromatic N) is 3. The van der Waals surface area contributed by atoms with Gasteiger partial charge < -0.3 is 5.32 Å². The molecule has 0 saturated heterocycles. The van der Waals surface area contributed by atoms with E-state index in [0.717, 1.165) is 40.9 Å². The van der Waals surface area contributed by atoms with Gasteiger partial charge in [-0.3, -0.25) is 9.20 Å². The van der Waals surface area contributed by atoms with E-state index in [2.05, 4.69) is 15.5 Å². The molecule has 5 nitrogen and oxygen atoms in total. The van der Waals surface area contributed by atoms with E-state index in [4.69, 9.17) is 0 Å². The predicted molar refractivity (Wildman–Crippen MR) is 90.3 cm³/mol. The van der Waals surface area contributed by atoms with Crippen molar-refractivity contribution in [2.45, 2.75) is 18.9 Å². The number of benzene rings is 1. The van der Waals surface area contributed by atoms with Gasteiger partial charge in [0.05, 0.1) is 17.7 Å². The van der Waals surface area contributed by atoms with E-state index < -0.39 is 29.4 Å². The number of nitrogens with one attached hydrogen (secondary N) is 1. The van der Waals surface area contributed by atoms with Crippen LogP contribution in [0.5, 0.6) is 0 Å². The third-order valence-corrected chi connectivity index (χ3v) is 3.86. The van der Waals surface area contributed by atoms with Gasteiger partial charge in [0.15, 0.2) is 11.5 Å². The molecule has 0 aliphatic carbocycles. The fourth-order valence-electron chi connectivity index (χ4n) is 2.44. The molecule has 29 heavy (non-hydrogen) atoms. The Hall–Kier alpha value is -3.37. The third-order valence-electron chi connectivity index (χ3n) is 3.86. The maximum atomic E-state index is 12.8. The average molecular weight is 414 g/mol. The van der Waals surface area contributed by atoms with E-state index in [-0.39, 0.29) is 23.6 Å². The lowest BCUT2D eigenvalue weighted by atomic mass is 10.1. The monoisotopic (exact) mass is 414 g/mol. The average Bonchev–Trinajstić information content (AvgIpc) is 3.06. The van der Waals surface area contributed by atoms with Gasteiger partial charge >= 0.3 is 12.4 Å². The van der Waals surface area contributed by atoms with Gasteiger partial charge in [-0.25, -0.2) is 0 Å². The molecule has 1 aromatic carbocycles. The Morgan fingerprint density at radius 3 is 2.41 bits per heavy atom. The van der Waals surface area contributed by atoms with Gasteiger partial charge in [0.2, 0.25) is 5.91 Å². The summed E-state index contributed by atoms with van der Waals surface area (Å²) < 4.78 is 77.6. The minimum absolute atomic E-state index is 0.0620. The second-order valence-electron chi connectivity index (χ2n) is 5.93. The zero-order valence-electron chi connectivity index (χ0n) is 14.4. The third kappa shape index (κ3) is 4.92. The van der Waals surface area contributed by atoms with E-state index in [0.29, 0.717) is 0 Å². The summed E-state index contributed by atoms with van der Waals surface area (Å²) in [5, 5.41) is 9.84. The molecule has 152 valence electrons. The first kappa shape index (κ1) is 20.4. The fourth-order valence-corrected chi connectivity index (χ4v) is 2.44. The van der Waals surface area contributed by atoms with Gasteiger partial charge in [0, 0.05) is 12.3 Å². The highest BCUT2D eigenvalue weighted by Gasteiger charge is 2.31. The summed E-state index contributed by atoms with van der Waals surface area (Å²) in [5.74, 6) is -0.599. The highest BCUT2D eigenvalue weighted by Crippen LogP contribution is 2.30. The van der Waals surface area contributed by atoms with Crippen LogP contribution in [0.2, 0.25) is 0 Å². The fraction of sp³-hybridized carbons (Fsp3) is 0.167. The summed E-state index contributed by atoms with van der Waals surface area (Å²) >= 11 is 0. The van der Waals surface area contributed by atoms with Crippen molar-refractivity contribution in [1.82, 2.24) is 19.9 Å². The standard InChI is InChI=1S/C18H12F6N4O/c19-17(20,21)12-3-1-2-11(8-12)4-7-16(29)25-9-15-27-26-14-6-5-13(10-28(14)15)18(22,23)24/h1-8,10H,9H2,(H,25,29)/b7-4+. The van der Waals surface area contributed by atoms with Crippen molar-refractivity contribution in [2.75, 3.05) is 0 Å². The molecule has 0 saturated carbocycles. The molecule has 0 atom stereocenters. The molecule has 0 fully saturated rings. The molecule has 0 aliphatic rings. The minimum atomic E-state index is -4.55. The van der Waals surface area contributed by atoms with Crippen LogP contribution in [0.3, 0.4) is 0 Å². The Bertz CT molecular complexity index is 1070. The number of hydrogen-bond acceptors (Lipinski definition) is 3. The number of rotatable bonds is 4. The predicted octanol–water partition coefficient (Wildman–Crippen LogP) is 4.10. The lowest BCUT2D eigenvalue weighted by Gasteiger charge is -2.07. The van der Waals surface area contributed by atoms with Crippen molar-refractivity contribution >= 4 is 17.6 Å². The normalized spacial score (nSPS) is 12.6. The van der Waals surface area contributed by atoms with E-state index >= 15 is 0 Å².